The Morgan fingerprint density at radius 3 is 2.70 bits per heavy atom. The fourth-order valence-electron chi connectivity index (χ4n) is 2.11. The first-order valence-electron chi connectivity index (χ1n) is 7.77. The highest BCUT2D eigenvalue weighted by molar-refractivity contribution is 5.33. The number of likely N-dealkylation sites (N-methyl/N-ethyl adjacent to an activating group) is 1. The highest BCUT2D eigenvalue weighted by atomic mass is 16.5. The summed E-state index contributed by atoms with van der Waals surface area (Å²) in [6, 6.07) is 8.28. The Hall–Kier alpha value is -1.06. The van der Waals surface area contributed by atoms with Crippen LogP contribution in [0.15, 0.2) is 24.3 Å². The number of ether oxygens (including phenoxy) is 1. The van der Waals surface area contributed by atoms with Crippen molar-refractivity contribution in [2.75, 3.05) is 33.3 Å². The number of hydrogen-bond donors (Lipinski definition) is 1. The fraction of sp³-hybridized carbons (Fsp3) is 0.647. The van der Waals surface area contributed by atoms with E-state index >= 15 is 0 Å². The minimum Gasteiger partial charge on any atom is -0.492 e. The van der Waals surface area contributed by atoms with Crippen molar-refractivity contribution in [2.45, 2.75) is 33.7 Å². The van der Waals surface area contributed by atoms with Crippen molar-refractivity contribution < 1.29 is 4.74 Å². The molecular formula is C17H30N2O. The second-order valence-corrected chi connectivity index (χ2v) is 5.51. The molecule has 1 atom stereocenters. The van der Waals surface area contributed by atoms with Crippen LogP contribution in [0.1, 0.15) is 32.8 Å². The van der Waals surface area contributed by atoms with E-state index in [0.29, 0.717) is 0 Å². The van der Waals surface area contributed by atoms with Crippen LogP contribution >= 0.6 is 0 Å². The van der Waals surface area contributed by atoms with E-state index < -0.39 is 0 Å². The van der Waals surface area contributed by atoms with Gasteiger partial charge in [-0.25, -0.2) is 0 Å². The van der Waals surface area contributed by atoms with Crippen molar-refractivity contribution >= 4 is 0 Å². The lowest BCUT2D eigenvalue weighted by Crippen LogP contribution is -2.28. The second kappa shape index (κ2) is 9.78. The van der Waals surface area contributed by atoms with E-state index in [0.717, 1.165) is 44.5 Å². The Balaban J connectivity index is 2.37. The maximum absolute atomic E-state index is 5.94. The van der Waals surface area contributed by atoms with Crippen molar-refractivity contribution in [3.05, 3.63) is 29.8 Å². The summed E-state index contributed by atoms with van der Waals surface area (Å²) in [5.41, 5.74) is 1.24. The molecule has 0 aliphatic heterocycles. The van der Waals surface area contributed by atoms with Crippen LogP contribution in [0.5, 0.6) is 5.75 Å². The number of rotatable bonds is 10. The first kappa shape index (κ1) is 17.0. The summed E-state index contributed by atoms with van der Waals surface area (Å²) in [5, 5.41) is 3.35. The Morgan fingerprint density at radius 2 is 2.00 bits per heavy atom. The van der Waals surface area contributed by atoms with E-state index in [1.54, 1.807) is 0 Å². The van der Waals surface area contributed by atoms with Crippen molar-refractivity contribution in [3.63, 3.8) is 0 Å². The average Bonchev–Trinajstić information content (AvgIpc) is 2.46. The summed E-state index contributed by atoms with van der Waals surface area (Å²) in [5.74, 6) is 1.76. The van der Waals surface area contributed by atoms with Crippen LogP contribution in [0.3, 0.4) is 0 Å². The van der Waals surface area contributed by atoms with E-state index in [9.17, 15) is 0 Å². The van der Waals surface area contributed by atoms with E-state index in [4.69, 9.17) is 4.74 Å². The normalized spacial score (nSPS) is 12.7. The quantitative estimate of drug-likeness (QED) is 0.711. The number of nitrogens with one attached hydrogen (secondary N) is 1. The summed E-state index contributed by atoms with van der Waals surface area (Å²) >= 11 is 0. The zero-order valence-electron chi connectivity index (χ0n) is 13.5. The third kappa shape index (κ3) is 6.40. The van der Waals surface area contributed by atoms with Crippen molar-refractivity contribution in [3.8, 4) is 5.75 Å². The largest absolute Gasteiger partial charge is 0.492 e. The standard InChI is InChI=1S/C17H30N2O/c1-5-15(3)14-19(4)11-12-20-17-10-8-7-9-16(17)13-18-6-2/h7-10,15,18H,5-6,11-14H2,1-4H3. The molecule has 1 N–H and O–H groups in total. The van der Waals surface area contributed by atoms with E-state index in [-0.39, 0.29) is 0 Å². The van der Waals surface area contributed by atoms with Crippen LogP contribution in [-0.4, -0.2) is 38.2 Å². The van der Waals surface area contributed by atoms with E-state index in [1.807, 2.05) is 6.07 Å². The molecule has 0 aromatic heterocycles. The van der Waals surface area contributed by atoms with Crippen molar-refractivity contribution in [1.29, 1.82) is 0 Å². The van der Waals surface area contributed by atoms with Crippen molar-refractivity contribution in [2.24, 2.45) is 5.92 Å². The van der Waals surface area contributed by atoms with Gasteiger partial charge in [-0.2, -0.15) is 0 Å². The summed E-state index contributed by atoms with van der Waals surface area (Å²) in [4.78, 5) is 2.35. The van der Waals surface area contributed by atoms with E-state index in [1.165, 1.54) is 12.0 Å². The molecule has 20 heavy (non-hydrogen) atoms. The molecule has 1 rings (SSSR count). The predicted molar refractivity (Wildman–Crippen MR) is 86.3 cm³/mol. The van der Waals surface area contributed by atoms with Crippen LogP contribution in [0.25, 0.3) is 0 Å². The molecular weight excluding hydrogens is 248 g/mol. The van der Waals surface area contributed by atoms with Gasteiger partial charge in [-0.05, 0) is 25.6 Å². The van der Waals surface area contributed by atoms with Gasteiger partial charge in [0.25, 0.3) is 0 Å². The first-order valence-corrected chi connectivity index (χ1v) is 7.77. The van der Waals surface area contributed by atoms with Crippen LogP contribution in [0.2, 0.25) is 0 Å². The Bertz CT molecular complexity index is 368. The first-order chi connectivity index (χ1) is 9.67. The van der Waals surface area contributed by atoms with Gasteiger partial charge in [0.05, 0.1) is 0 Å². The lowest BCUT2D eigenvalue weighted by molar-refractivity contribution is 0.216. The van der Waals surface area contributed by atoms with Gasteiger partial charge in [0, 0.05) is 25.2 Å². The van der Waals surface area contributed by atoms with Crippen LogP contribution in [-0.2, 0) is 6.54 Å². The molecule has 0 radical (unpaired) electrons. The highest BCUT2D eigenvalue weighted by Crippen LogP contribution is 2.17. The molecule has 1 aromatic carbocycles. The van der Waals surface area contributed by atoms with Crippen LogP contribution < -0.4 is 10.1 Å². The van der Waals surface area contributed by atoms with Crippen molar-refractivity contribution in [1.82, 2.24) is 10.2 Å². The lowest BCUT2D eigenvalue weighted by Gasteiger charge is -2.21. The van der Waals surface area contributed by atoms with Gasteiger partial charge >= 0.3 is 0 Å². The predicted octanol–water partition coefficient (Wildman–Crippen LogP) is 3.15. The summed E-state index contributed by atoms with van der Waals surface area (Å²) < 4.78 is 5.94. The molecule has 3 heteroatoms. The molecule has 114 valence electrons. The lowest BCUT2D eigenvalue weighted by atomic mass is 10.1. The Kier molecular flexibility index (Phi) is 8.31. The van der Waals surface area contributed by atoms with Crippen LogP contribution in [0.4, 0.5) is 0 Å². The molecule has 0 saturated heterocycles. The third-order valence-corrected chi connectivity index (χ3v) is 3.59. The van der Waals surface area contributed by atoms with Gasteiger partial charge in [0.15, 0.2) is 0 Å². The smallest absolute Gasteiger partial charge is 0.123 e. The van der Waals surface area contributed by atoms with Gasteiger partial charge in [-0.1, -0.05) is 45.4 Å². The number of nitrogens with zero attached hydrogens (tertiary/aromatic N) is 1. The highest BCUT2D eigenvalue weighted by Gasteiger charge is 2.06. The van der Waals surface area contributed by atoms with Gasteiger partial charge in [-0.15, -0.1) is 0 Å². The molecule has 0 aliphatic carbocycles. The summed E-state index contributed by atoms with van der Waals surface area (Å²) in [6.45, 7) is 11.4. The molecule has 1 aromatic rings. The number of para-hydroxylation sites is 1. The second-order valence-electron chi connectivity index (χ2n) is 5.51. The SMILES string of the molecule is CCNCc1ccccc1OCCN(C)CC(C)CC. The molecule has 0 amide bonds. The minimum atomic E-state index is 0.746. The Labute approximate surface area is 124 Å². The molecule has 0 aliphatic rings. The molecule has 1 unspecified atom stereocenters. The molecule has 0 spiro atoms. The molecule has 0 fully saturated rings. The average molecular weight is 278 g/mol. The number of benzene rings is 1. The van der Waals surface area contributed by atoms with Gasteiger partial charge in [0.1, 0.15) is 12.4 Å². The Morgan fingerprint density at radius 1 is 1.25 bits per heavy atom. The van der Waals surface area contributed by atoms with Gasteiger partial charge in [0.2, 0.25) is 0 Å². The number of hydrogen-bond acceptors (Lipinski definition) is 3. The zero-order chi connectivity index (χ0) is 14.8. The monoisotopic (exact) mass is 278 g/mol. The maximum atomic E-state index is 5.94. The fourth-order valence-corrected chi connectivity index (χ4v) is 2.11. The molecule has 0 heterocycles. The van der Waals surface area contributed by atoms with Gasteiger partial charge < -0.3 is 15.0 Å². The summed E-state index contributed by atoms with van der Waals surface area (Å²) in [6.07, 6.45) is 1.23. The topological polar surface area (TPSA) is 24.5 Å². The van der Waals surface area contributed by atoms with Crippen LogP contribution in [0, 0.1) is 5.92 Å². The molecule has 0 bridgehead atoms. The molecule has 3 nitrogen and oxygen atoms in total. The summed E-state index contributed by atoms with van der Waals surface area (Å²) in [7, 11) is 2.17. The minimum absolute atomic E-state index is 0.746. The molecule has 0 saturated carbocycles. The van der Waals surface area contributed by atoms with E-state index in [2.05, 4.69) is 56.2 Å². The third-order valence-electron chi connectivity index (χ3n) is 3.59. The zero-order valence-corrected chi connectivity index (χ0v) is 13.5. The van der Waals surface area contributed by atoms with Gasteiger partial charge in [-0.3, -0.25) is 0 Å². The maximum Gasteiger partial charge on any atom is 0.123 e.